The Bertz CT molecular complexity index is 1330. The molecule has 3 amide bonds. The molecule has 176 valence electrons. The molecule has 2 aliphatic rings. The standard InChI is InChI=1S/C22H19ClFN5O4S/c23-14-8-13(29-10-16(30)19(31)20(29)32)9-25-18(14)11-3-5-28(6-4-11)22(33)27-21-26-15-2-1-12(24)7-17(15)34-21/h1-3,7-9,16,19,30-31H,4-6,10H2,(H,26,27,33). The molecule has 0 spiro atoms. The van der Waals surface area contributed by atoms with Crippen LogP contribution in [0.5, 0.6) is 0 Å². The Balaban J connectivity index is 1.25. The van der Waals surface area contributed by atoms with Gasteiger partial charge < -0.3 is 20.0 Å². The molecular weight excluding hydrogens is 485 g/mol. The van der Waals surface area contributed by atoms with Gasteiger partial charge in [-0.15, -0.1) is 0 Å². The number of aliphatic hydroxyl groups is 2. The summed E-state index contributed by atoms with van der Waals surface area (Å²) < 4.78 is 14.0. The number of fused-ring (bicyclic) bond motifs is 1. The zero-order valence-corrected chi connectivity index (χ0v) is 19.2. The summed E-state index contributed by atoms with van der Waals surface area (Å²) in [4.78, 5) is 36.3. The molecule has 1 fully saturated rings. The largest absolute Gasteiger partial charge is 0.388 e. The predicted molar refractivity (Wildman–Crippen MR) is 126 cm³/mol. The van der Waals surface area contributed by atoms with Crippen molar-refractivity contribution in [1.29, 1.82) is 0 Å². The van der Waals surface area contributed by atoms with Crippen LogP contribution < -0.4 is 10.2 Å². The number of halogens is 2. The van der Waals surface area contributed by atoms with Gasteiger partial charge in [-0.1, -0.05) is 29.0 Å². The van der Waals surface area contributed by atoms with E-state index in [2.05, 4.69) is 15.3 Å². The molecule has 34 heavy (non-hydrogen) atoms. The van der Waals surface area contributed by atoms with Crippen molar-refractivity contribution in [3.63, 3.8) is 0 Å². The number of anilines is 2. The molecule has 0 bridgehead atoms. The number of aromatic nitrogens is 2. The molecule has 0 radical (unpaired) electrons. The minimum Gasteiger partial charge on any atom is -0.388 e. The van der Waals surface area contributed by atoms with Gasteiger partial charge in [0.2, 0.25) is 0 Å². The number of benzene rings is 1. The number of β-amino-alcohol motifs (C(OH)–C–C–N with tert-alkyl or cyclic N) is 1. The Hall–Kier alpha value is -3.12. The van der Waals surface area contributed by atoms with E-state index in [-0.39, 0.29) is 18.4 Å². The second kappa shape index (κ2) is 8.91. The lowest BCUT2D eigenvalue weighted by molar-refractivity contribution is -0.126. The zero-order valence-electron chi connectivity index (χ0n) is 17.6. The van der Waals surface area contributed by atoms with Crippen molar-refractivity contribution in [2.24, 2.45) is 0 Å². The first-order valence-electron chi connectivity index (χ1n) is 10.4. The van der Waals surface area contributed by atoms with Crippen molar-refractivity contribution >= 4 is 61.5 Å². The van der Waals surface area contributed by atoms with Gasteiger partial charge in [-0.05, 0) is 36.3 Å². The van der Waals surface area contributed by atoms with Crippen LogP contribution in [-0.2, 0) is 4.79 Å². The Morgan fingerprint density at radius 1 is 1.29 bits per heavy atom. The van der Waals surface area contributed by atoms with E-state index in [4.69, 9.17) is 11.6 Å². The number of thiazole rings is 1. The van der Waals surface area contributed by atoms with Gasteiger partial charge in [0.25, 0.3) is 5.91 Å². The first kappa shape index (κ1) is 22.7. The molecule has 1 saturated heterocycles. The lowest BCUT2D eigenvalue weighted by Crippen LogP contribution is -2.37. The predicted octanol–water partition coefficient (Wildman–Crippen LogP) is 2.87. The van der Waals surface area contributed by atoms with E-state index in [0.717, 1.165) is 5.57 Å². The fraction of sp³-hybridized carbons (Fsp3) is 0.273. The number of rotatable bonds is 3. The summed E-state index contributed by atoms with van der Waals surface area (Å²) in [7, 11) is 0. The number of carbonyl (C=O) groups excluding carboxylic acids is 2. The quantitative estimate of drug-likeness (QED) is 0.505. The molecule has 4 heterocycles. The number of aliphatic hydroxyl groups excluding tert-OH is 2. The average Bonchev–Trinajstić information content (AvgIpc) is 3.33. The highest BCUT2D eigenvalue weighted by molar-refractivity contribution is 7.22. The lowest BCUT2D eigenvalue weighted by atomic mass is 10.0. The SMILES string of the molecule is O=C(Nc1nc2ccc(F)cc2s1)N1CC=C(c2ncc(N3CC(O)C(O)C3=O)cc2Cl)CC1. The summed E-state index contributed by atoms with van der Waals surface area (Å²) in [6.07, 6.45) is 1.23. The van der Waals surface area contributed by atoms with E-state index in [0.29, 0.717) is 51.3 Å². The Kier molecular flexibility index (Phi) is 5.94. The highest BCUT2D eigenvalue weighted by Gasteiger charge is 2.39. The molecule has 5 rings (SSSR count). The van der Waals surface area contributed by atoms with E-state index < -0.39 is 18.1 Å². The number of nitrogens with one attached hydrogen (secondary N) is 1. The van der Waals surface area contributed by atoms with E-state index in [1.54, 1.807) is 17.0 Å². The second-order valence-corrected chi connectivity index (χ2v) is 9.41. The van der Waals surface area contributed by atoms with Gasteiger partial charge in [-0.25, -0.2) is 14.2 Å². The first-order chi connectivity index (χ1) is 16.3. The molecule has 0 aliphatic carbocycles. The fourth-order valence-electron chi connectivity index (χ4n) is 3.94. The van der Waals surface area contributed by atoms with Crippen LogP contribution in [0, 0.1) is 5.82 Å². The Labute approximate surface area is 202 Å². The monoisotopic (exact) mass is 503 g/mol. The summed E-state index contributed by atoms with van der Waals surface area (Å²) in [5, 5.41) is 22.9. The fourth-order valence-corrected chi connectivity index (χ4v) is 5.10. The minimum absolute atomic E-state index is 0.0340. The summed E-state index contributed by atoms with van der Waals surface area (Å²) >= 11 is 7.63. The van der Waals surface area contributed by atoms with Gasteiger partial charge in [0.1, 0.15) is 11.9 Å². The van der Waals surface area contributed by atoms with Gasteiger partial charge in [0.15, 0.2) is 11.2 Å². The van der Waals surface area contributed by atoms with Gasteiger partial charge >= 0.3 is 6.03 Å². The maximum Gasteiger partial charge on any atom is 0.323 e. The number of amides is 3. The van der Waals surface area contributed by atoms with Gasteiger partial charge in [-0.3, -0.25) is 15.1 Å². The normalized spacial score (nSPS) is 20.7. The maximum absolute atomic E-state index is 13.4. The van der Waals surface area contributed by atoms with Crippen LogP contribution in [0.1, 0.15) is 12.1 Å². The number of carbonyl (C=O) groups is 2. The number of pyridine rings is 1. The van der Waals surface area contributed by atoms with Crippen LogP contribution >= 0.6 is 22.9 Å². The van der Waals surface area contributed by atoms with Gasteiger partial charge in [-0.2, -0.15) is 0 Å². The lowest BCUT2D eigenvalue weighted by Gasteiger charge is -2.26. The van der Waals surface area contributed by atoms with Crippen molar-refractivity contribution in [3.8, 4) is 0 Å². The third kappa shape index (κ3) is 4.23. The van der Waals surface area contributed by atoms with Crippen molar-refractivity contribution in [2.75, 3.05) is 29.9 Å². The smallest absolute Gasteiger partial charge is 0.323 e. The van der Waals surface area contributed by atoms with Crippen LogP contribution in [0.15, 0.2) is 36.5 Å². The van der Waals surface area contributed by atoms with Crippen molar-refractivity contribution < 1.29 is 24.2 Å². The van der Waals surface area contributed by atoms with Gasteiger partial charge in [0, 0.05) is 13.1 Å². The number of nitrogens with zero attached hydrogens (tertiary/aromatic N) is 4. The van der Waals surface area contributed by atoms with Crippen LogP contribution in [0.3, 0.4) is 0 Å². The molecule has 9 nitrogen and oxygen atoms in total. The topological polar surface area (TPSA) is 119 Å². The molecule has 2 unspecified atom stereocenters. The summed E-state index contributed by atoms with van der Waals surface area (Å²) in [6.45, 7) is 0.733. The van der Waals surface area contributed by atoms with Crippen LogP contribution in [0.25, 0.3) is 15.8 Å². The van der Waals surface area contributed by atoms with Crippen LogP contribution in [0.4, 0.5) is 20.0 Å². The number of hydrogen-bond acceptors (Lipinski definition) is 7. The van der Waals surface area contributed by atoms with Crippen LogP contribution in [0.2, 0.25) is 5.02 Å². The first-order valence-corrected chi connectivity index (χ1v) is 11.6. The molecule has 3 aromatic rings. The van der Waals surface area contributed by atoms with E-state index in [9.17, 15) is 24.2 Å². The van der Waals surface area contributed by atoms with E-state index >= 15 is 0 Å². The number of urea groups is 1. The Morgan fingerprint density at radius 2 is 2.12 bits per heavy atom. The van der Waals surface area contributed by atoms with E-state index in [1.807, 2.05) is 6.08 Å². The van der Waals surface area contributed by atoms with Crippen LogP contribution in [-0.4, -0.2) is 68.9 Å². The molecule has 2 aliphatic heterocycles. The third-order valence-electron chi connectivity index (χ3n) is 5.76. The number of hydrogen-bond donors (Lipinski definition) is 3. The van der Waals surface area contributed by atoms with Crippen molar-refractivity contribution in [2.45, 2.75) is 18.6 Å². The summed E-state index contributed by atoms with van der Waals surface area (Å²) in [6, 6.07) is 5.53. The third-order valence-corrected chi connectivity index (χ3v) is 6.98. The zero-order chi connectivity index (χ0) is 24.0. The average molecular weight is 504 g/mol. The maximum atomic E-state index is 13.4. The van der Waals surface area contributed by atoms with Gasteiger partial charge in [0.05, 0.1) is 39.4 Å². The van der Waals surface area contributed by atoms with Crippen molar-refractivity contribution in [3.05, 3.63) is 53.1 Å². The summed E-state index contributed by atoms with van der Waals surface area (Å²) in [5.41, 5.74) is 2.42. The van der Waals surface area contributed by atoms with Crippen molar-refractivity contribution in [1.82, 2.24) is 14.9 Å². The molecule has 0 saturated carbocycles. The molecular formula is C22H19ClFN5O4S. The summed E-state index contributed by atoms with van der Waals surface area (Å²) in [5.74, 6) is -0.958. The Morgan fingerprint density at radius 3 is 2.79 bits per heavy atom. The molecule has 12 heteroatoms. The molecule has 1 aromatic carbocycles. The molecule has 2 aromatic heterocycles. The second-order valence-electron chi connectivity index (χ2n) is 7.97. The molecule has 2 atom stereocenters. The minimum atomic E-state index is -1.46. The van der Waals surface area contributed by atoms with E-state index in [1.165, 1.54) is 34.6 Å². The molecule has 3 N–H and O–H groups in total. The highest BCUT2D eigenvalue weighted by atomic mass is 35.5. The highest BCUT2D eigenvalue weighted by Crippen LogP contribution is 2.32.